The van der Waals surface area contributed by atoms with Crippen LogP contribution in [-0.4, -0.2) is 43.7 Å². The number of amides is 1. The smallest absolute Gasteiger partial charge is 0.227 e. The Morgan fingerprint density at radius 1 is 1.22 bits per heavy atom. The van der Waals surface area contributed by atoms with Crippen LogP contribution in [0.3, 0.4) is 0 Å². The zero-order valence-electron chi connectivity index (χ0n) is 11.8. The van der Waals surface area contributed by atoms with Gasteiger partial charge in [-0.05, 0) is 27.2 Å². The molecule has 0 aromatic carbocycles. The molecule has 2 unspecified atom stereocenters. The van der Waals surface area contributed by atoms with E-state index in [4.69, 9.17) is 9.47 Å². The Balaban J connectivity index is 3.65. The fourth-order valence-electron chi connectivity index (χ4n) is 1.34. The number of carbonyl (C=O) groups is 2. The minimum absolute atomic E-state index is 0.00343. The summed E-state index contributed by atoms with van der Waals surface area (Å²) >= 11 is 0. The average molecular weight is 259 g/mol. The second kappa shape index (κ2) is 10.0. The monoisotopic (exact) mass is 259 g/mol. The summed E-state index contributed by atoms with van der Waals surface area (Å²) in [4.78, 5) is 22.0. The lowest BCUT2D eigenvalue weighted by molar-refractivity contribution is -0.128. The number of nitrogens with one attached hydrogen (secondary N) is 1. The molecule has 0 bridgehead atoms. The van der Waals surface area contributed by atoms with Crippen molar-refractivity contribution in [1.29, 1.82) is 0 Å². The first-order chi connectivity index (χ1) is 8.45. The van der Waals surface area contributed by atoms with Gasteiger partial charge in [0.25, 0.3) is 0 Å². The van der Waals surface area contributed by atoms with Crippen LogP contribution in [-0.2, 0) is 19.1 Å². The molecule has 0 heterocycles. The fourth-order valence-corrected chi connectivity index (χ4v) is 1.34. The predicted octanol–water partition coefficient (Wildman–Crippen LogP) is 1.30. The van der Waals surface area contributed by atoms with Crippen LogP contribution in [0.4, 0.5) is 0 Å². The molecule has 0 spiro atoms. The van der Waals surface area contributed by atoms with E-state index >= 15 is 0 Å². The Bertz CT molecular complexity index is 255. The van der Waals surface area contributed by atoms with E-state index in [9.17, 15) is 9.59 Å². The van der Waals surface area contributed by atoms with E-state index in [0.29, 0.717) is 13.2 Å². The predicted molar refractivity (Wildman–Crippen MR) is 69.4 cm³/mol. The van der Waals surface area contributed by atoms with Gasteiger partial charge in [0.15, 0.2) is 0 Å². The quantitative estimate of drug-likeness (QED) is 0.474. The molecule has 0 fully saturated rings. The molecule has 0 aromatic heterocycles. The van der Waals surface area contributed by atoms with Crippen molar-refractivity contribution in [2.24, 2.45) is 0 Å². The first kappa shape index (κ1) is 17.1. The van der Waals surface area contributed by atoms with Gasteiger partial charge in [-0.1, -0.05) is 6.92 Å². The molecule has 5 nitrogen and oxygen atoms in total. The number of carbonyl (C=O) groups excluding carboxylic acids is 2. The number of Topliss-reactive ketones (excluding diaryl/α,β-unsaturated/α-hetero) is 1. The topological polar surface area (TPSA) is 64.6 Å². The van der Waals surface area contributed by atoms with Crippen molar-refractivity contribution in [2.75, 3.05) is 19.8 Å². The van der Waals surface area contributed by atoms with Gasteiger partial charge < -0.3 is 14.8 Å². The number of hydrogen-bond donors (Lipinski definition) is 1. The second-order valence-corrected chi connectivity index (χ2v) is 4.57. The molecule has 106 valence electrons. The highest BCUT2D eigenvalue weighted by atomic mass is 16.5. The van der Waals surface area contributed by atoms with Crippen molar-refractivity contribution in [3.63, 3.8) is 0 Å². The van der Waals surface area contributed by atoms with Crippen molar-refractivity contribution in [3.05, 3.63) is 0 Å². The van der Waals surface area contributed by atoms with E-state index in [1.165, 1.54) is 6.92 Å². The lowest BCUT2D eigenvalue weighted by atomic mass is 10.2. The molecule has 0 aliphatic carbocycles. The van der Waals surface area contributed by atoms with Gasteiger partial charge in [0, 0.05) is 12.6 Å². The van der Waals surface area contributed by atoms with Crippen molar-refractivity contribution < 1.29 is 19.1 Å². The van der Waals surface area contributed by atoms with Crippen LogP contribution >= 0.6 is 0 Å². The first-order valence-electron chi connectivity index (χ1n) is 6.43. The van der Waals surface area contributed by atoms with E-state index < -0.39 is 0 Å². The maximum absolute atomic E-state index is 11.3. The van der Waals surface area contributed by atoms with Crippen molar-refractivity contribution in [1.82, 2.24) is 5.32 Å². The zero-order chi connectivity index (χ0) is 14.0. The van der Waals surface area contributed by atoms with Gasteiger partial charge in [-0.3, -0.25) is 9.59 Å². The Labute approximate surface area is 109 Å². The number of rotatable bonds is 10. The summed E-state index contributed by atoms with van der Waals surface area (Å²) in [5.74, 6) is -0.393. The largest absolute Gasteiger partial charge is 0.379 e. The third-order valence-electron chi connectivity index (χ3n) is 2.15. The normalized spacial score (nSPS) is 14.0. The summed E-state index contributed by atoms with van der Waals surface area (Å²) in [7, 11) is 0. The van der Waals surface area contributed by atoms with Gasteiger partial charge in [-0.25, -0.2) is 0 Å². The first-order valence-corrected chi connectivity index (χ1v) is 6.43. The lowest BCUT2D eigenvalue weighted by Crippen LogP contribution is -2.37. The van der Waals surface area contributed by atoms with Crippen LogP contribution in [0.25, 0.3) is 0 Å². The second-order valence-electron chi connectivity index (χ2n) is 4.57. The van der Waals surface area contributed by atoms with Gasteiger partial charge in [-0.2, -0.15) is 0 Å². The molecule has 0 aromatic rings. The Hall–Kier alpha value is -0.940. The minimum Gasteiger partial charge on any atom is -0.379 e. The molecule has 5 heteroatoms. The maximum atomic E-state index is 11.3. The van der Waals surface area contributed by atoms with Crippen LogP contribution in [0.1, 0.15) is 40.5 Å². The maximum Gasteiger partial charge on any atom is 0.227 e. The SMILES string of the molecule is CCCOCC(C)OCC(C)NC(=O)CC(C)=O. The average Bonchev–Trinajstić information content (AvgIpc) is 2.25. The summed E-state index contributed by atoms with van der Waals surface area (Å²) in [6, 6.07) is -0.106. The van der Waals surface area contributed by atoms with E-state index in [1.54, 1.807) is 0 Å². The molecule has 0 saturated carbocycles. The van der Waals surface area contributed by atoms with Crippen molar-refractivity contribution in [3.8, 4) is 0 Å². The zero-order valence-corrected chi connectivity index (χ0v) is 11.8. The highest BCUT2D eigenvalue weighted by Gasteiger charge is 2.11. The third-order valence-corrected chi connectivity index (χ3v) is 2.15. The van der Waals surface area contributed by atoms with Crippen molar-refractivity contribution in [2.45, 2.75) is 52.7 Å². The molecule has 0 aliphatic heterocycles. The molecule has 0 rings (SSSR count). The summed E-state index contributed by atoms with van der Waals surface area (Å²) in [6.07, 6.45) is 0.924. The van der Waals surface area contributed by atoms with E-state index in [2.05, 4.69) is 12.2 Å². The van der Waals surface area contributed by atoms with Gasteiger partial charge in [0.2, 0.25) is 5.91 Å². The van der Waals surface area contributed by atoms with Crippen molar-refractivity contribution >= 4 is 11.7 Å². The number of ether oxygens (including phenoxy) is 2. The third kappa shape index (κ3) is 10.2. The van der Waals surface area contributed by atoms with Crippen LogP contribution in [0.5, 0.6) is 0 Å². The molecule has 18 heavy (non-hydrogen) atoms. The highest BCUT2D eigenvalue weighted by molar-refractivity contribution is 5.96. The molecular formula is C13H25NO4. The number of ketones is 1. The number of hydrogen-bond acceptors (Lipinski definition) is 4. The molecule has 0 saturated heterocycles. The molecule has 0 radical (unpaired) electrons. The summed E-state index contributed by atoms with van der Waals surface area (Å²) in [6.45, 7) is 8.93. The van der Waals surface area contributed by atoms with Gasteiger partial charge in [0.1, 0.15) is 5.78 Å². The Kier molecular flexibility index (Phi) is 9.50. The van der Waals surface area contributed by atoms with Crippen LogP contribution in [0.2, 0.25) is 0 Å². The molecule has 2 atom stereocenters. The van der Waals surface area contributed by atoms with E-state index in [-0.39, 0.29) is 30.3 Å². The van der Waals surface area contributed by atoms with Crippen LogP contribution in [0.15, 0.2) is 0 Å². The minimum atomic E-state index is -0.256. The van der Waals surface area contributed by atoms with Crippen LogP contribution < -0.4 is 5.32 Å². The van der Waals surface area contributed by atoms with Crippen LogP contribution in [0, 0.1) is 0 Å². The summed E-state index contributed by atoms with van der Waals surface area (Å²) in [5, 5.41) is 2.71. The molecular weight excluding hydrogens is 234 g/mol. The Morgan fingerprint density at radius 2 is 1.89 bits per heavy atom. The molecule has 1 amide bonds. The van der Waals surface area contributed by atoms with Gasteiger partial charge >= 0.3 is 0 Å². The van der Waals surface area contributed by atoms with Gasteiger partial charge in [0.05, 0.1) is 25.7 Å². The molecule has 0 aliphatic rings. The highest BCUT2D eigenvalue weighted by Crippen LogP contribution is 1.96. The standard InChI is InChI=1S/C13H25NO4/c1-5-6-17-9-12(4)18-8-10(2)14-13(16)7-11(3)15/h10,12H,5-9H2,1-4H3,(H,14,16). The lowest BCUT2D eigenvalue weighted by Gasteiger charge is -2.18. The summed E-state index contributed by atoms with van der Waals surface area (Å²) < 4.78 is 10.9. The Morgan fingerprint density at radius 3 is 2.44 bits per heavy atom. The molecule has 1 N–H and O–H groups in total. The van der Waals surface area contributed by atoms with Gasteiger partial charge in [-0.15, -0.1) is 0 Å². The van der Waals surface area contributed by atoms with E-state index in [1.807, 2.05) is 13.8 Å². The summed E-state index contributed by atoms with van der Waals surface area (Å²) in [5.41, 5.74) is 0. The fraction of sp³-hybridized carbons (Fsp3) is 0.846. The van der Waals surface area contributed by atoms with E-state index in [0.717, 1.165) is 13.0 Å².